The summed E-state index contributed by atoms with van der Waals surface area (Å²) in [7, 11) is -2.63. The molecule has 2 N–H and O–H groups in total. The molecule has 1 amide bonds. The molecule has 0 unspecified atom stereocenters. The summed E-state index contributed by atoms with van der Waals surface area (Å²) < 4.78 is 32.8. The number of nitrogens with one attached hydrogen (secondary N) is 2. The second-order valence-electron chi connectivity index (χ2n) is 6.14. The molecule has 11 heteroatoms. The molecule has 2 rings (SSSR count). The van der Waals surface area contributed by atoms with Crippen LogP contribution >= 0.6 is 11.6 Å². The Bertz CT molecular complexity index is 987. The third kappa shape index (κ3) is 4.89. The lowest BCUT2D eigenvalue weighted by atomic mass is 10.2. The predicted molar refractivity (Wildman–Crippen MR) is 104 cm³/mol. The third-order valence-electron chi connectivity index (χ3n) is 3.79. The van der Waals surface area contributed by atoms with Gasteiger partial charge in [-0.1, -0.05) is 11.6 Å². The van der Waals surface area contributed by atoms with Crippen LogP contribution in [-0.4, -0.2) is 43.2 Å². The number of carbonyl (C=O) groups is 2. The second kappa shape index (κ2) is 8.72. The average Bonchev–Trinajstić information content (AvgIpc) is 3.10. The number of hydrogen-bond acceptors (Lipinski definition) is 6. The summed E-state index contributed by atoms with van der Waals surface area (Å²) >= 11 is 5.90. The van der Waals surface area contributed by atoms with Crippen LogP contribution in [0.2, 0.25) is 5.02 Å². The second-order valence-corrected chi connectivity index (χ2v) is 8.41. The van der Waals surface area contributed by atoms with Gasteiger partial charge >= 0.3 is 5.97 Å². The van der Waals surface area contributed by atoms with Crippen LogP contribution in [0.4, 0.5) is 5.82 Å². The van der Waals surface area contributed by atoms with Crippen molar-refractivity contribution in [3.63, 3.8) is 0 Å². The van der Waals surface area contributed by atoms with Crippen LogP contribution in [0.1, 0.15) is 37.2 Å². The van der Waals surface area contributed by atoms with Gasteiger partial charge in [0.15, 0.2) is 6.10 Å². The van der Waals surface area contributed by atoms with E-state index >= 15 is 0 Å². The zero-order chi connectivity index (χ0) is 21.1. The number of amides is 1. The Morgan fingerprint density at radius 2 is 1.89 bits per heavy atom. The monoisotopic (exact) mass is 428 g/mol. The summed E-state index contributed by atoms with van der Waals surface area (Å²) in [5.41, 5.74) is -0.0508. The number of sulfonamides is 1. The van der Waals surface area contributed by atoms with Crippen LogP contribution in [-0.2, 0) is 19.6 Å². The van der Waals surface area contributed by atoms with Gasteiger partial charge in [0.2, 0.25) is 10.0 Å². The van der Waals surface area contributed by atoms with Gasteiger partial charge in [-0.3, -0.25) is 4.79 Å². The van der Waals surface area contributed by atoms with E-state index in [0.717, 1.165) is 6.07 Å². The van der Waals surface area contributed by atoms with E-state index in [0.29, 0.717) is 5.82 Å². The number of esters is 1. The van der Waals surface area contributed by atoms with Crippen LogP contribution in [0.25, 0.3) is 0 Å². The summed E-state index contributed by atoms with van der Waals surface area (Å²) in [5.74, 6) is -0.936. The van der Waals surface area contributed by atoms with Gasteiger partial charge in [0.05, 0.1) is 16.8 Å². The first-order valence-corrected chi connectivity index (χ1v) is 10.2. The maximum absolute atomic E-state index is 12.3. The minimum absolute atomic E-state index is 0.0322. The first-order chi connectivity index (χ1) is 13.1. The largest absolute Gasteiger partial charge is 0.449 e. The molecule has 0 radical (unpaired) electrons. The van der Waals surface area contributed by atoms with Crippen molar-refractivity contribution in [2.75, 3.05) is 12.4 Å². The number of ether oxygens (including phenoxy) is 1. The Morgan fingerprint density at radius 3 is 2.50 bits per heavy atom. The fraction of sp³-hybridized carbons (Fsp3) is 0.353. The molecule has 0 aliphatic heterocycles. The molecule has 1 heterocycles. The van der Waals surface area contributed by atoms with Crippen LogP contribution < -0.4 is 10.0 Å². The molecule has 0 spiro atoms. The van der Waals surface area contributed by atoms with E-state index in [4.69, 9.17) is 16.3 Å². The van der Waals surface area contributed by atoms with Crippen LogP contribution in [0, 0.1) is 0 Å². The zero-order valence-electron chi connectivity index (χ0n) is 15.8. The van der Waals surface area contributed by atoms with E-state index in [2.05, 4.69) is 15.1 Å². The lowest BCUT2D eigenvalue weighted by Crippen LogP contribution is -2.31. The number of benzene rings is 1. The molecule has 2 aromatic rings. The predicted octanol–water partition coefficient (Wildman–Crippen LogP) is 2.21. The van der Waals surface area contributed by atoms with Gasteiger partial charge in [0, 0.05) is 12.1 Å². The van der Waals surface area contributed by atoms with E-state index in [1.807, 2.05) is 13.8 Å². The van der Waals surface area contributed by atoms with Crippen molar-refractivity contribution in [2.45, 2.75) is 37.8 Å². The Balaban J connectivity index is 2.13. The number of carbonyl (C=O) groups excluding carboxylic acids is 2. The smallest absolute Gasteiger partial charge is 0.338 e. The molecule has 0 aliphatic rings. The Hall–Kier alpha value is -2.43. The first-order valence-electron chi connectivity index (χ1n) is 8.35. The number of hydrogen-bond donors (Lipinski definition) is 2. The maximum Gasteiger partial charge on any atom is 0.338 e. The summed E-state index contributed by atoms with van der Waals surface area (Å²) in [6, 6.07) is 5.34. The van der Waals surface area contributed by atoms with Gasteiger partial charge in [-0.15, -0.1) is 0 Å². The molecular formula is C17H21ClN4O5S. The molecule has 0 aliphatic carbocycles. The van der Waals surface area contributed by atoms with E-state index in [-0.39, 0.29) is 21.5 Å². The number of halogens is 1. The highest BCUT2D eigenvalue weighted by molar-refractivity contribution is 7.89. The molecule has 1 atom stereocenters. The van der Waals surface area contributed by atoms with Crippen molar-refractivity contribution in [2.24, 2.45) is 0 Å². The quantitative estimate of drug-likeness (QED) is 0.652. The molecule has 0 bridgehead atoms. The number of aromatic nitrogens is 2. The highest BCUT2D eigenvalue weighted by atomic mass is 35.5. The van der Waals surface area contributed by atoms with Crippen molar-refractivity contribution >= 4 is 39.3 Å². The van der Waals surface area contributed by atoms with Crippen LogP contribution in [0.5, 0.6) is 0 Å². The molecule has 28 heavy (non-hydrogen) atoms. The minimum atomic E-state index is -3.86. The van der Waals surface area contributed by atoms with Crippen LogP contribution in [0.3, 0.4) is 0 Å². The van der Waals surface area contributed by atoms with Crippen molar-refractivity contribution < 1.29 is 22.7 Å². The fourth-order valence-electron chi connectivity index (χ4n) is 2.28. The van der Waals surface area contributed by atoms with E-state index in [1.54, 1.807) is 16.9 Å². The molecule has 0 saturated heterocycles. The van der Waals surface area contributed by atoms with Gasteiger partial charge in [-0.05, 0) is 46.0 Å². The van der Waals surface area contributed by atoms with Gasteiger partial charge in [-0.25, -0.2) is 22.6 Å². The van der Waals surface area contributed by atoms with Crippen LogP contribution in [0.15, 0.2) is 35.4 Å². The molecule has 152 valence electrons. The molecule has 1 aromatic heterocycles. The van der Waals surface area contributed by atoms with Crippen molar-refractivity contribution in [1.82, 2.24) is 14.5 Å². The summed E-state index contributed by atoms with van der Waals surface area (Å²) in [5, 5.41) is 6.70. The fourth-order valence-corrected chi connectivity index (χ4v) is 3.53. The van der Waals surface area contributed by atoms with Gasteiger partial charge in [0.25, 0.3) is 5.91 Å². The lowest BCUT2D eigenvalue weighted by Gasteiger charge is -2.16. The number of anilines is 1. The Kier molecular flexibility index (Phi) is 6.81. The van der Waals surface area contributed by atoms with E-state index < -0.39 is 28.0 Å². The van der Waals surface area contributed by atoms with E-state index in [9.17, 15) is 18.0 Å². The van der Waals surface area contributed by atoms with Gasteiger partial charge < -0.3 is 10.1 Å². The summed E-state index contributed by atoms with van der Waals surface area (Å²) in [6.07, 6.45) is 0.423. The topological polar surface area (TPSA) is 119 Å². The maximum atomic E-state index is 12.3. The highest BCUT2D eigenvalue weighted by Gasteiger charge is 2.23. The normalized spacial score (nSPS) is 12.6. The SMILES string of the molecule is CNS(=O)(=O)c1cc(C(=O)O[C@H](C)C(=O)Nc2ccnn2C(C)C)ccc1Cl. The lowest BCUT2D eigenvalue weighted by molar-refractivity contribution is -0.123. The number of nitrogens with zero attached hydrogens (tertiary/aromatic N) is 2. The van der Waals surface area contributed by atoms with Crippen molar-refractivity contribution in [1.29, 1.82) is 0 Å². The van der Waals surface area contributed by atoms with Gasteiger partial charge in [0.1, 0.15) is 10.7 Å². The molecule has 0 fully saturated rings. The number of rotatable bonds is 7. The summed E-state index contributed by atoms with van der Waals surface area (Å²) in [4.78, 5) is 24.4. The Morgan fingerprint density at radius 1 is 1.21 bits per heavy atom. The summed E-state index contributed by atoms with van der Waals surface area (Å²) in [6.45, 7) is 5.22. The zero-order valence-corrected chi connectivity index (χ0v) is 17.3. The molecule has 9 nitrogen and oxygen atoms in total. The Labute approximate surface area is 168 Å². The minimum Gasteiger partial charge on any atom is -0.449 e. The standard InChI is InChI=1S/C17H21ClN4O5S/c1-10(2)22-15(7-8-20-22)21-16(23)11(3)27-17(24)12-5-6-13(18)14(9-12)28(25,26)19-4/h5-11,19H,1-4H3,(H,21,23)/t11-/m1/s1. The average molecular weight is 429 g/mol. The van der Waals surface area contributed by atoms with Crippen molar-refractivity contribution in [3.05, 3.63) is 41.0 Å². The third-order valence-corrected chi connectivity index (χ3v) is 5.68. The molecular weight excluding hydrogens is 408 g/mol. The highest BCUT2D eigenvalue weighted by Crippen LogP contribution is 2.23. The van der Waals surface area contributed by atoms with Gasteiger partial charge in [-0.2, -0.15) is 5.10 Å². The first kappa shape index (κ1) is 21.9. The van der Waals surface area contributed by atoms with Crippen molar-refractivity contribution in [3.8, 4) is 0 Å². The molecule has 1 aromatic carbocycles. The van der Waals surface area contributed by atoms with E-state index in [1.165, 1.54) is 26.1 Å². The molecule has 0 saturated carbocycles.